The van der Waals surface area contributed by atoms with Crippen LogP contribution in [0.1, 0.15) is 77.1 Å². The molecule has 0 spiro atoms. The van der Waals surface area contributed by atoms with Gasteiger partial charge >= 0.3 is 6.09 Å². The number of carbonyl (C=O) groups excluding carboxylic acids is 3. The highest BCUT2D eigenvalue weighted by Gasteiger charge is 2.36. The minimum Gasteiger partial charge on any atom is -0.444 e. The van der Waals surface area contributed by atoms with Crippen molar-refractivity contribution in [2.75, 3.05) is 13.2 Å². The number of benzene rings is 1. The maximum absolute atomic E-state index is 13.6. The first-order valence-corrected chi connectivity index (χ1v) is 11.6. The molecule has 1 aromatic rings. The predicted octanol–water partition coefficient (Wildman–Crippen LogP) is 3.38. The third kappa shape index (κ3) is 9.04. The molecule has 0 aliphatic carbocycles. The SMILES string of the molecule is CCCCN(C(=O)C(CO)NC(=O)OC(C)(C)C)C(C(=O)NC(C)C)c1ccc(C)cc1C. The molecule has 0 saturated carbocycles. The van der Waals surface area contributed by atoms with Crippen molar-refractivity contribution in [3.05, 3.63) is 34.9 Å². The topological polar surface area (TPSA) is 108 Å². The first-order chi connectivity index (χ1) is 15.3. The molecule has 0 saturated heterocycles. The normalized spacial score (nSPS) is 13.3. The second-order valence-corrected chi connectivity index (χ2v) is 9.69. The van der Waals surface area contributed by atoms with Gasteiger partial charge in [0.25, 0.3) is 0 Å². The highest BCUT2D eigenvalue weighted by Crippen LogP contribution is 2.27. The Morgan fingerprint density at radius 1 is 1.12 bits per heavy atom. The molecule has 186 valence electrons. The number of nitrogens with one attached hydrogen (secondary N) is 2. The Morgan fingerprint density at radius 2 is 1.76 bits per heavy atom. The number of ether oxygens (including phenoxy) is 1. The minimum absolute atomic E-state index is 0.123. The Balaban J connectivity index is 3.41. The fraction of sp³-hybridized carbons (Fsp3) is 0.640. The molecule has 1 rings (SSSR count). The number of unbranched alkanes of at least 4 members (excludes halogenated alkanes) is 1. The van der Waals surface area contributed by atoms with E-state index in [0.29, 0.717) is 18.5 Å². The predicted molar refractivity (Wildman–Crippen MR) is 129 cm³/mol. The summed E-state index contributed by atoms with van der Waals surface area (Å²) in [6.45, 7) is 14.4. The summed E-state index contributed by atoms with van der Waals surface area (Å²) in [7, 11) is 0. The molecule has 1 aromatic carbocycles. The molecule has 0 bridgehead atoms. The van der Waals surface area contributed by atoms with Crippen LogP contribution in [0.2, 0.25) is 0 Å². The molecule has 2 atom stereocenters. The maximum atomic E-state index is 13.6. The lowest BCUT2D eigenvalue weighted by Crippen LogP contribution is -2.55. The number of aryl methyl sites for hydroxylation is 2. The second-order valence-electron chi connectivity index (χ2n) is 9.69. The molecule has 8 heteroatoms. The quantitative estimate of drug-likeness (QED) is 0.493. The van der Waals surface area contributed by atoms with Gasteiger partial charge in [-0.3, -0.25) is 9.59 Å². The van der Waals surface area contributed by atoms with E-state index < -0.39 is 36.3 Å². The van der Waals surface area contributed by atoms with Crippen LogP contribution in [-0.2, 0) is 14.3 Å². The molecule has 8 nitrogen and oxygen atoms in total. The zero-order chi connectivity index (χ0) is 25.3. The molecule has 0 aliphatic rings. The first-order valence-electron chi connectivity index (χ1n) is 11.6. The van der Waals surface area contributed by atoms with E-state index >= 15 is 0 Å². The highest BCUT2D eigenvalue weighted by atomic mass is 16.6. The molecule has 3 amide bonds. The van der Waals surface area contributed by atoms with Gasteiger partial charge in [0.1, 0.15) is 17.7 Å². The summed E-state index contributed by atoms with van der Waals surface area (Å²) in [6, 6.07) is 3.47. The van der Waals surface area contributed by atoms with Gasteiger partial charge in [0.2, 0.25) is 11.8 Å². The van der Waals surface area contributed by atoms with Gasteiger partial charge in [-0.25, -0.2) is 4.79 Å². The number of rotatable bonds is 10. The third-order valence-corrected chi connectivity index (χ3v) is 4.92. The monoisotopic (exact) mass is 463 g/mol. The summed E-state index contributed by atoms with van der Waals surface area (Å²) < 4.78 is 5.25. The Bertz CT molecular complexity index is 817. The Kier molecular flexibility index (Phi) is 10.8. The van der Waals surface area contributed by atoms with E-state index in [0.717, 1.165) is 17.5 Å². The van der Waals surface area contributed by atoms with E-state index in [1.54, 1.807) is 20.8 Å². The van der Waals surface area contributed by atoms with E-state index in [2.05, 4.69) is 10.6 Å². The van der Waals surface area contributed by atoms with Gasteiger partial charge in [-0.1, -0.05) is 37.1 Å². The maximum Gasteiger partial charge on any atom is 0.408 e. The van der Waals surface area contributed by atoms with Crippen LogP contribution >= 0.6 is 0 Å². The highest BCUT2D eigenvalue weighted by molar-refractivity contribution is 5.92. The van der Waals surface area contributed by atoms with Crippen molar-refractivity contribution >= 4 is 17.9 Å². The van der Waals surface area contributed by atoms with Gasteiger partial charge in [-0.05, 0) is 66.0 Å². The van der Waals surface area contributed by atoms with Crippen LogP contribution in [0.4, 0.5) is 4.79 Å². The van der Waals surface area contributed by atoms with Crippen LogP contribution in [0.15, 0.2) is 18.2 Å². The van der Waals surface area contributed by atoms with Gasteiger partial charge in [-0.2, -0.15) is 0 Å². The molecule has 0 aliphatic heterocycles. The zero-order valence-electron chi connectivity index (χ0n) is 21.3. The number of nitrogens with zero attached hydrogens (tertiary/aromatic N) is 1. The average molecular weight is 464 g/mol. The van der Waals surface area contributed by atoms with Gasteiger partial charge < -0.3 is 25.4 Å². The summed E-state index contributed by atoms with van der Waals surface area (Å²) >= 11 is 0. The van der Waals surface area contributed by atoms with Crippen molar-refractivity contribution in [1.29, 1.82) is 0 Å². The van der Waals surface area contributed by atoms with Crippen LogP contribution in [0.25, 0.3) is 0 Å². The van der Waals surface area contributed by atoms with Crippen LogP contribution < -0.4 is 10.6 Å². The lowest BCUT2D eigenvalue weighted by molar-refractivity contribution is -0.143. The van der Waals surface area contributed by atoms with Crippen molar-refractivity contribution in [3.63, 3.8) is 0 Å². The molecule has 2 unspecified atom stereocenters. The molecule has 0 heterocycles. The van der Waals surface area contributed by atoms with Crippen molar-refractivity contribution in [2.24, 2.45) is 0 Å². The van der Waals surface area contributed by atoms with Gasteiger partial charge in [0.05, 0.1) is 6.61 Å². The molecule has 0 aromatic heterocycles. The third-order valence-electron chi connectivity index (χ3n) is 4.92. The number of hydrogen-bond donors (Lipinski definition) is 3. The molecular formula is C25H41N3O5. The minimum atomic E-state index is -1.24. The number of aliphatic hydroxyl groups is 1. The van der Waals surface area contributed by atoms with Crippen molar-refractivity contribution in [3.8, 4) is 0 Å². The molecule has 33 heavy (non-hydrogen) atoms. The van der Waals surface area contributed by atoms with E-state index in [1.165, 1.54) is 4.90 Å². The number of hydrogen-bond acceptors (Lipinski definition) is 5. The number of carbonyl (C=O) groups is 3. The van der Waals surface area contributed by atoms with E-state index in [1.807, 2.05) is 52.8 Å². The smallest absolute Gasteiger partial charge is 0.408 e. The van der Waals surface area contributed by atoms with Gasteiger partial charge in [0.15, 0.2) is 0 Å². The lowest BCUT2D eigenvalue weighted by atomic mass is 9.96. The van der Waals surface area contributed by atoms with E-state index in [9.17, 15) is 19.5 Å². The van der Waals surface area contributed by atoms with Gasteiger partial charge in [-0.15, -0.1) is 0 Å². The Morgan fingerprint density at radius 3 is 2.24 bits per heavy atom. The van der Waals surface area contributed by atoms with E-state index in [4.69, 9.17) is 4.74 Å². The van der Waals surface area contributed by atoms with Crippen molar-refractivity contribution in [2.45, 2.75) is 92.0 Å². The summed E-state index contributed by atoms with van der Waals surface area (Å²) in [5, 5.41) is 15.3. The van der Waals surface area contributed by atoms with Crippen molar-refractivity contribution in [1.82, 2.24) is 15.5 Å². The number of amides is 3. The van der Waals surface area contributed by atoms with Crippen LogP contribution in [0.5, 0.6) is 0 Å². The summed E-state index contributed by atoms with van der Waals surface area (Å²) in [5.74, 6) is -0.851. The van der Waals surface area contributed by atoms with Crippen LogP contribution in [0, 0.1) is 13.8 Å². The first kappa shape index (κ1) is 28.4. The fourth-order valence-corrected chi connectivity index (χ4v) is 3.48. The summed E-state index contributed by atoms with van der Waals surface area (Å²) in [4.78, 5) is 40.7. The average Bonchev–Trinajstić information content (AvgIpc) is 2.67. The second kappa shape index (κ2) is 12.6. The Hall–Kier alpha value is -2.61. The zero-order valence-corrected chi connectivity index (χ0v) is 21.3. The molecule has 0 radical (unpaired) electrons. The fourth-order valence-electron chi connectivity index (χ4n) is 3.48. The van der Waals surface area contributed by atoms with E-state index in [-0.39, 0.29) is 11.9 Å². The van der Waals surface area contributed by atoms with Crippen LogP contribution in [-0.4, -0.2) is 58.8 Å². The summed E-state index contributed by atoms with van der Waals surface area (Å²) in [5.41, 5.74) is 1.88. The summed E-state index contributed by atoms with van der Waals surface area (Å²) in [6.07, 6.45) is 0.658. The molecule has 3 N–H and O–H groups in total. The van der Waals surface area contributed by atoms with Crippen molar-refractivity contribution < 1.29 is 24.2 Å². The number of alkyl carbamates (subject to hydrolysis) is 1. The standard InChI is InChI=1S/C25H41N3O5/c1-9-10-13-28(23(31)20(15-29)27-24(32)33-25(6,7)8)21(22(30)26-16(2)3)19-12-11-17(4)14-18(19)5/h11-12,14,16,20-21,29H,9-10,13,15H2,1-8H3,(H,26,30)(H,27,32). The lowest BCUT2D eigenvalue weighted by Gasteiger charge is -2.35. The van der Waals surface area contributed by atoms with Gasteiger partial charge in [0, 0.05) is 12.6 Å². The molecular weight excluding hydrogens is 422 g/mol. The number of aliphatic hydroxyl groups excluding tert-OH is 1. The largest absolute Gasteiger partial charge is 0.444 e. The van der Waals surface area contributed by atoms with Crippen LogP contribution in [0.3, 0.4) is 0 Å². The molecule has 0 fully saturated rings. The Labute approximate surface area is 198 Å².